The summed E-state index contributed by atoms with van der Waals surface area (Å²) in [6.07, 6.45) is 6.79. The Morgan fingerprint density at radius 1 is 1.33 bits per heavy atom. The van der Waals surface area contributed by atoms with Crippen molar-refractivity contribution in [1.29, 1.82) is 0 Å². The predicted molar refractivity (Wildman–Crippen MR) is 87.6 cm³/mol. The average molecular weight is 300 g/mol. The van der Waals surface area contributed by atoms with Crippen LogP contribution in [0.15, 0.2) is 36.1 Å². The molecule has 0 spiro atoms. The molecule has 0 radical (unpaired) electrons. The van der Waals surface area contributed by atoms with Gasteiger partial charge in [0.25, 0.3) is 0 Å². The molecule has 0 aliphatic heterocycles. The number of likely N-dealkylation sites (N-methyl/N-ethyl adjacent to an activating group) is 1. The van der Waals surface area contributed by atoms with Gasteiger partial charge in [0.05, 0.1) is 10.2 Å². The van der Waals surface area contributed by atoms with E-state index in [-0.39, 0.29) is 6.04 Å². The van der Waals surface area contributed by atoms with Crippen LogP contribution in [0.25, 0.3) is 10.2 Å². The fraction of sp³-hybridized carbons (Fsp3) is 0.375. The summed E-state index contributed by atoms with van der Waals surface area (Å²) >= 11 is 1.74. The van der Waals surface area contributed by atoms with Gasteiger partial charge in [-0.15, -0.1) is 11.3 Å². The van der Waals surface area contributed by atoms with E-state index in [2.05, 4.69) is 51.2 Å². The van der Waals surface area contributed by atoms with Crippen LogP contribution in [-0.4, -0.2) is 21.1 Å². The highest BCUT2D eigenvalue weighted by atomic mass is 32.1. The Hall–Kier alpha value is -1.72. The van der Waals surface area contributed by atoms with E-state index in [4.69, 9.17) is 0 Å². The highest BCUT2D eigenvalue weighted by Gasteiger charge is 2.15. The minimum atomic E-state index is 0.252. The van der Waals surface area contributed by atoms with Gasteiger partial charge in [0.1, 0.15) is 5.82 Å². The second-order valence-electron chi connectivity index (χ2n) is 5.02. The number of hydrogen-bond donors (Lipinski definition) is 1. The van der Waals surface area contributed by atoms with E-state index in [1.54, 1.807) is 11.3 Å². The molecule has 0 aliphatic rings. The lowest BCUT2D eigenvalue weighted by Gasteiger charge is -2.18. The van der Waals surface area contributed by atoms with Crippen molar-refractivity contribution in [3.8, 4) is 0 Å². The molecular formula is C16H20N4S. The van der Waals surface area contributed by atoms with Crippen LogP contribution < -0.4 is 5.32 Å². The van der Waals surface area contributed by atoms with Gasteiger partial charge < -0.3 is 9.88 Å². The zero-order valence-corrected chi connectivity index (χ0v) is 13.2. The van der Waals surface area contributed by atoms with Crippen molar-refractivity contribution >= 4 is 21.6 Å². The summed E-state index contributed by atoms with van der Waals surface area (Å²) in [5.41, 5.74) is 2.31. The fourth-order valence-electron chi connectivity index (χ4n) is 2.61. The molecule has 5 heteroatoms. The van der Waals surface area contributed by atoms with Gasteiger partial charge in [-0.25, -0.2) is 4.98 Å². The Morgan fingerprint density at radius 3 is 3.05 bits per heavy atom. The Labute approximate surface area is 128 Å². The Morgan fingerprint density at radius 2 is 2.24 bits per heavy atom. The molecule has 1 N–H and O–H groups in total. The van der Waals surface area contributed by atoms with E-state index in [1.165, 1.54) is 10.3 Å². The van der Waals surface area contributed by atoms with Gasteiger partial charge >= 0.3 is 0 Å². The first-order valence-corrected chi connectivity index (χ1v) is 8.26. The zero-order valence-electron chi connectivity index (χ0n) is 12.4. The zero-order chi connectivity index (χ0) is 14.7. The Balaban J connectivity index is 1.89. The molecule has 110 valence electrons. The van der Waals surface area contributed by atoms with Crippen molar-refractivity contribution in [2.75, 3.05) is 6.54 Å². The maximum absolute atomic E-state index is 4.56. The third-order valence-corrected chi connectivity index (χ3v) is 4.56. The van der Waals surface area contributed by atoms with Gasteiger partial charge in [-0.05, 0) is 36.5 Å². The summed E-state index contributed by atoms with van der Waals surface area (Å²) in [6.45, 7) is 6.17. The van der Waals surface area contributed by atoms with Crippen LogP contribution in [0.1, 0.15) is 31.3 Å². The van der Waals surface area contributed by atoms with Gasteiger partial charge in [-0.1, -0.05) is 6.92 Å². The minimum absolute atomic E-state index is 0.252. The topological polar surface area (TPSA) is 42.7 Å². The predicted octanol–water partition coefficient (Wildman–Crippen LogP) is 3.41. The second kappa shape index (κ2) is 6.37. The smallest absolute Gasteiger partial charge is 0.110 e. The summed E-state index contributed by atoms with van der Waals surface area (Å²) in [5, 5.41) is 5.65. The van der Waals surface area contributed by atoms with Gasteiger partial charge in [0.15, 0.2) is 0 Å². The van der Waals surface area contributed by atoms with Crippen LogP contribution >= 0.6 is 11.3 Å². The first-order valence-electron chi connectivity index (χ1n) is 7.38. The number of hydrogen-bond acceptors (Lipinski definition) is 4. The van der Waals surface area contributed by atoms with Gasteiger partial charge in [-0.3, -0.25) is 4.98 Å². The molecule has 0 saturated carbocycles. The van der Waals surface area contributed by atoms with E-state index in [1.807, 2.05) is 18.6 Å². The molecular weight excluding hydrogens is 280 g/mol. The van der Waals surface area contributed by atoms with Crippen LogP contribution in [0.3, 0.4) is 0 Å². The summed E-state index contributed by atoms with van der Waals surface area (Å²) < 4.78 is 3.44. The third kappa shape index (κ3) is 2.99. The van der Waals surface area contributed by atoms with E-state index in [9.17, 15) is 0 Å². The molecule has 1 unspecified atom stereocenters. The molecule has 21 heavy (non-hydrogen) atoms. The van der Waals surface area contributed by atoms with Crippen LogP contribution in [-0.2, 0) is 13.0 Å². The van der Waals surface area contributed by atoms with Crippen LogP contribution in [0.2, 0.25) is 0 Å². The van der Waals surface area contributed by atoms with E-state index < -0.39 is 0 Å². The fourth-order valence-corrected chi connectivity index (χ4v) is 3.40. The normalized spacial score (nSPS) is 12.9. The van der Waals surface area contributed by atoms with Crippen LogP contribution in [0.5, 0.6) is 0 Å². The number of pyridine rings is 1. The van der Waals surface area contributed by atoms with Crippen molar-refractivity contribution in [3.05, 3.63) is 47.5 Å². The van der Waals surface area contributed by atoms with E-state index in [0.717, 1.165) is 30.9 Å². The van der Waals surface area contributed by atoms with Crippen molar-refractivity contribution in [2.45, 2.75) is 32.9 Å². The number of aryl methyl sites for hydroxylation is 1. The number of thiophene rings is 1. The molecule has 1 atom stereocenters. The standard InChI is InChI=1S/C16H20N4S/c1-3-17-14(10-16-18-6-7-20(16)4-2)12-9-15-13(19-11-12)5-8-21-15/h5-9,11,14,17H,3-4,10H2,1-2H3. The second-order valence-corrected chi connectivity index (χ2v) is 5.96. The first-order chi connectivity index (χ1) is 10.3. The number of nitrogens with zero attached hydrogens (tertiary/aromatic N) is 3. The quantitative estimate of drug-likeness (QED) is 0.758. The van der Waals surface area contributed by atoms with E-state index in [0.29, 0.717) is 0 Å². The number of aromatic nitrogens is 3. The maximum Gasteiger partial charge on any atom is 0.110 e. The molecule has 4 nitrogen and oxygen atoms in total. The van der Waals surface area contributed by atoms with Gasteiger partial charge in [-0.2, -0.15) is 0 Å². The van der Waals surface area contributed by atoms with Crippen LogP contribution in [0.4, 0.5) is 0 Å². The lowest BCUT2D eigenvalue weighted by Crippen LogP contribution is -2.24. The molecule has 3 aromatic heterocycles. The third-order valence-electron chi connectivity index (χ3n) is 3.71. The molecule has 0 aromatic carbocycles. The average Bonchev–Trinajstić information content (AvgIpc) is 3.14. The SMILES string of the molecule is CCNC(Cc1nccn1CC)c1cnc2ccsc2c1. The summed E-state index contributed by atoms with van der Waals surface area (Å²) in [5.74, 6) is 1.12. The van der Waals surface area contributed by atoms with Crippen molar-refractivity contribution in [2.24, 2.45) is 0 Å². The van der Waals surface area contributed by atoms with E-state index >= 15 is 0 Å². The molecule has 0 bridgehead atoms. The number of imidazole rings is 1. The maximum atomic E-state index is 4.56. The molecule has 3 heterocycles. The number of fused-ring (bicyclic) bond motifs is 1. The Bertz CT molecular complexity index is 716. The summed E-state index contributed by atoms with van der Waals surface area (Å²) in [6, 6.07) is 4.57. The number of nitrogens with one attached hydrogen (secondary N) is 1. The first kappa shape index (κ1) is 14.2. The molecule has 3 aromatic rings. The van der Waals surface area contributed by atoms with Gasteiger partial charge in [0.2, 0.25) is 0 Å². The molecule has 3 rings (SSSR count). The Kier molecular flexibility index (Phi) is 4.31. The summed E-state index contributed by atoms with van der Waals surface area (Å²) in [4.78, 5) is 9.05. The number of rotatable bonds is 6. The van der Waals surface area contributed by atoms with Crippen molar-refractivity contribution < 1.29 is 0 Å². The highest BCUT2D eigenvalue weighted by molar-refractivity contribution is 7.17. The van der Waals surface area contributed by atoms with Crippen molar-refractivity contribution in [1.82, 2.24) is 19.9 Å². The lowest BCUT2D eigenvalue weighted by molar-refractivity contribution is 0.521. The largest absolute Gasteiger partial charge is 0.335 e. The van der Waals surface area contributed by atoms with Crippen molar-refractivity contribution in [3.63, 3.8) is 0 Å². The molecule has 0 amide bonds. The van der Waals surface area contributed by atoms with Gasteiger partial charge in [0, 0.05) is 37.6 Å². The summed E-state index contributed by atoms with van der Waals surface area (Å²) in [7, 11) is 0. The van der Waals surface area contributed by atoms with Crippen LogP contribution in [0, 0.1) is 0 Å². The minimum Gasteiger partial charge on any atom is -0.335 e. The monoisotopic (exact) mass is 300 g/mol. The molecule has 0 aliphatic carbocycles. The lowest BCUT2D eigenvalue weighted by atomic mass is 10.1. The molecule has 0 fully saturated rings. The highest BCUT2D eigenvalue weighted by Crippen LogP contribution is 2.24. The molecule has 0 saturated heterocycles.